The van der Waals surface area contributed by atoms with Gasteiger partial charge in [0.2, 0.25) is 0 Å². The highest BCUT2D eigenvalue weighted by molar-refractivity contribution is 9.10. The van der Waals surface area contributed by atoms with Crippen LogP contribution in [0.2, 0.25) is 0 Å². The maximum atomic E-state index is 12.2. The van der Waals surface area contributed by atoms with Crippen LogP contribution >= 0.6 is 27.3 Å². The second-order valence-electron chi connectivity index (χ2n) is 5.04. The first-order valence-electron chi connectivity index (χ1n) is 7.17. The molecule has 1 saturated heterocycles. The predicted octanol–water partition coefficient (Wildman–Crippen LogP) is 1.85. The molecule has 1 fully saturated rings. The molecule has 2 rings (SSSR count). The summed E-state index contributed by atoms with van der Waals surface area (Å²) in [5.74, 6) is 0.586. The monoisotopic (exact) mass is 375 g/mol. The minimum atomic E-state index is -0.0500. The predicted molar refractivity (Wildman–Crippen MR) is 89.6 cm³/mol. The van der Waals surface area contributed by atoms with Gasteiger partial charge in [0.1, 0.15) is 4.88 Å². The van der Waals surface area contributed by atoms with Gasteiger partial charge in [-0.25, -0.2) is 0 Å². The summed E-state index contributed by atoms with van der Waals surface area (Å²) in [6.07, 6.45) is 0.972. The highest BCUT2D eigenvalue weighted by atomic mass is 79.9. The summed E-state index contributed by atoms with van der Waals surface area (Å²) in [4.78, 5) is 16.3. The van der Waals surface area contributed by atoms with Crippen molar-refractivity contribution >= 4 is 33.2 Å². The molecule has 1 aliphatic rings. The number of nitrogens with one attached hydrogen (secondary N) is 2. The van der Waals surface area contributed by atoms with Gasteiger partial charge in [-0.15, -0.1) is 11.3 Å². The fraction of sp³-hybridized carbons (Fsp3) is 0.643. The van der Waals surface area contributed by atoms with Gasteiger partial charge in [-0.05, 0) is 35.8 Å². The number of nitrogens with zero attached hydrogens (tertiary/aromatic N) is 1. The molecule has 21 heavy (non-hydrogen) atoms. The lowest BCUT2D eigenvalue weighted by molar-refractivity contribution is 0.0952. The lowest BCUT2D eigenvalue weighted by Gasteiger charge is -2.27. The average Bonchev–Trinajstić information content (AvgIpc) is 2.80. The van der Waals surface area contributed by atoms with E-state index in [4.69, 9.17) is 4.74 Å². The molecule has 0 aromatic carbocycles. The maximum absolute atomic E-state index is 12.2. The van der Waals surface area contributed by atoms with E-state index in [1.165, 1.54) is 11.3 Å². The van der Waals surface area contributed by atoms with Crippen molar-refractivity contribution in [3.8, 4) is 5.75 Å². The Hall–Kier alpha value is -0.630. The Balaban J connectivity index is 1.78. The summed E-state index contributed by atoms with van der Waals surface area (Å²) in [6, 6.07) is 0. The molecule has 1 amide bonds. The first kappa shape index (κ1) is 16.7. The van der Waals surface area contributed by atoms with Gasteiger partial charge in [0.15, 0.2) is 5.75 Å². The molecule has 2 N–H and O–H groups in total. The van der Waals surface area contributed by atoms with E-state index in [9.17, 15) is 4.79 Å². The quantitative estimate of drug-likeness (QED) is 0.745. The number of hydrogen-bond acceptors (Lipinski definition) is 5. The minimum Gasteiger partial charge on any atom is -0.494 e. The lowest BCUT2D eigenvalue weighted by atomic mass is 10.3. The molecule has 0 saturated carbocycles. The van der Waals surface area contributed by atoms with E-state index in [0.29, 0.717) is 17.2 Å². The zero-order chi connectivity index (χ0) is 15.2. The van der Waals surface area contributed by atoms with Crippen LogP contribution < -0.4 is 15.4 Å². The third kappa shape index (κ3) is 4.42. The van der Waals surface area contributed by atoms with E-state index in [-0.39, 0.29) is 5.91 Å². The Labute approximate surface area is 138 Å². The van der Waals surface area contributed by atoms with E-state index in [1.54, 1.807) is 7.11 Å². The van der Waals surface area contributed by atoms with Gasteiger partial charge in [-0.1, -0.05) is 0 Å². The molecule has 0 aliphatic carbocycles. The number of ether oxygens (including phenoxy) is 1. The van der Waals surface area contributed by atoms with Crippen LogP contribution in [-0.2, 0) is 0 Å². The van der Waals surface area contributed by atoms with Gasteiger partial charge >= 0.3 is 0 Å². The number of carbonyl (C=O) groups is 1. The zero-order valence-corrected chi connectivity index (χ0v) is 14.9. The molecule has 0 spiro atoms. The summed E-state index contributed by atoms with van der Waals surface area (Å²) >= 11 is 4.91. The fourth-order valence-corrected chi connectivity index (χ4v) is 4.02. The van der Waals surface area contributed by atoms with Crippen LogP contribution in [-0.4, -0.2) is 57.2 Å². The molecule has 0 atom stereocenters. The number of amides is 1. The molecule has 1 aromatic rings. The Bertz CT molecular complexity index is 487. The Morgan fingerprint density at radius 2 is 2.19 bits per heavy atom. The van der Waals surface area contributed by atoms with Crippen molar-refractivity contribution in [3.05, 3.63) is 14.2 Å². The van der Waals surface area contributed by atoms with Crippen molar-refractivity contribution in [2.75, 3.05) is 46.4 Å². The van der Waals surface area contributed by atoms with Crippen molar-refractivity contribution in [2.45, 2.75) is 13.3 Å². The molecule has 1 aromatic heterocycles. The Morgan fingerprint density at radius 3 is 2.86 bits per heavy atom. The largest absolute Gasteiger partial charge is 0.494 e. The number of aryl methyl sites for hydroxylation is 1. The van der Waals surface area contributed by atoms with Gasteiger partial charge in [0.25, 0.3) is 5.91 Å². The highest BCUT2D eigenvalue weighted by Gasteiger charge is 2.20. The van der Waals surface area contributed by atoms with Crippen molar-refractivity contribution in [1.82, 2.24) is 15.5 Å². The van der Waals surface area contributed by atoms with E-state index in [0.717, 1.165) is 48.5 Å². The molecule has 0 unspecified atom stereocenters. The summed E-state index contributed by atoms with van der Waals surface area (Å²) in [7, 11) is 1.59. The number of hydrogen-bond donors (Lipinski definition) is 2. The second kappa shape index (κ2) is 8.12. The first-order chi connectivity index (χ1) is 10.1. The number of methoxy groups -OCH3 is 1. The Morgan fingerprint density at radius 1 is 1.48 bits per heavy atom. The number of piperazine rings is 1. The molecular formula is C14H22BrN3O2S. The molecule has 2 heterocycles. The van der Waals surface area contributed by atoms with Crippen LogP contribution in [0.5, 0.6) is 5.75 Å². The third-order valence-corrected chi connectivity index (χ3v) is 5.83. The SMILES string of the molecule is COc1c(C(=O)NCCCN2CCNCC2)sc(C)c1Br. The molecule has 0 bridgehead atoms. The van der Waals surface area contributed by atoms with Crippen molar-refractivity contribution < 1.29 is 9.53 Å². The summed E-state index contributed by atoms with van der Waals surface area (Å²) in [6.45, 7) is 8.01. The van der Waals surface area contributed by atoms with Crippen LogP contribution in [0.25, 0.3) is 0 Å². The van der Waals surface area contributed by atoms with Gasteiger partial charge in [-0.3, -0.25) is 4.79 Å². The number of halogens is 1. The van der Waals surface area contributed by atoms with Crippen LogP contribution in [0.1, 0.15) is 21.0 Å². The molecule has 0 radical (unpaired) electrons. The third-order valence-electron chi connectivity index (χ3n) is 3.53. The summed E-state index contributed by atoms with van der Waals surface area (Å²) in [5, 5.41) is 6.32. The first-order valence-corrected chi connectivity index (χ1v) is 8.78. The lowest BCUT2D eigenvalue weighted by Crippen LogP contribution is -2.44. The smallest absolute Gasteiger partial charge is 0.265 e. The highest BCUT2D eigenvalue weighted by Crippen LogP contribution is 2.38. The van der Waals surface area contributed by atoms with Gasteiger partial charge in [0, 0.05) is 37.6 Å². The number of rotatable bonds is 6. The van der Waals surface area contributed by atoms with Gasteiger partial charge in [0.05, 0.1) is 11.6 Å². The topological polar surface area (TPSA) is 53.6 Å². The van der Waals surface area contributed by atoms with E-state index < -0.39 is 0 Å². The molecule has 7 heteroatoms. The summed E-state index contributed by atoms with van der Waals surface area (Å²) < 4.78 is 6.18. The fourth-order valence-electron chi connectivity index (χ4n) is 2.36. The van der Waals surface area contributed by atoms with Gasteiger partial charge < -0.3 is 20.3 Å². The molecule has 5 nitrogen and oxygen atoms in total. The van der Waals surface area contributed by atoms with Gasteiger partial charge in [-0.2, -0.15) is 0 Å². The van der Waals surface area contributed by atoms with Crippen molar-refractivity contribution in [2.24, 2.45) is 0 Å². The molecule has 1 aliphatic heterocycles. The van der Waals surface area contributed by atoms with Crippen LogP contribution in [0.15, 0.2) is 4.47 Å². The number of thiophene rings is 1. The van der Waals surface area contributed by atoms with Crippen molar-refractivity contribution in [1.29, 1.82) is 0 Å². The van der Waals surface area contributed by atoms with Crippen LogP contribution in [0, 0.1) is 6.92 Å². The normalized spacial score (nSPS) is 16.0. The number of carbonyl (C=O) groups excluding carboxylic acids is 1. The standard InChI is InChI=1S/C14H22BrN3O2S/c1-10-11(15)12(20-2)13(21-10)14(19)17-4-3-7-18-8-5-16-6-9-18/h16H,3-9H2,1-2H3,(H,17,19). The van der Waals surface area contributed by atoms with E-state index >= 15 is 0 Å². The average molecular weight is 376 g/mol. The van der Waals surface area contributed by atoms with Crippen molar-refractivity contribution in [3.63, 3.8) is 0 Å². The second-order valence-corrected chi connectivity index (χ2v) is 7.05. The summed E-state index contributed by atoms with van der Waals surface area (Å²) in [5.41, 5.74) is 0. The Kier molecular flexibility index (Phi) is 6.47. The zero-order valence-electron chi connectivity index (χ0n) is 12.5. The van der Waals surface area contributed by atoms with Crippen LogP contribution in [0.3, 0.4) is 0 Å². The van der Waals surface area contributed by atoms with Crippen LogP contribution in [0.4, 0.5) is 0 Å². The molecule has 118 valence electrons. The van der Waals surface area contributed by atoms with E-state index in [1.807, 2.05) is 6.92 Å². The van der Waals surface area contributed by atoms with E-state index in [2.05, 4.69) is 31.5 Å². The minimum absolute atomic E-state index is 0.0500. The maximum Gasteiger partial charge on any atom is 0.265 e. The molecular weight excluding hydrogens is 354 g/mol.